The zero-order chi connectivity index (χ0) is 36.6. The standard InChI is InChI=1S/2C17H24BN2O6.2Na/c2*21-17(22)15-14(4-3-11-5-6-18(23,24)26-16(11)15)25-13-9-20(10-13)12-2-1-7-19-8-12;;/h2*3-4,12-13,19,23-24H,1-2,5-10H2,(H,21,22);;/q2*-1;2*+1/t2*12-;;/m11../s1. The number of carboxylic acids is 2. The molecule has 0 amide bonds. The van der Waals surface area contributed by atoms with Gasteiger partial charge >= 0.3 is 84.6 Å². The Balaban J connectivity index is 0.000000200. The van der Waals surface area contributed by atoms with Gasteiger partial charge in [-0.1, -0.05) is 24.8 Å². The molecule has 20 heteroatoms. The van der Waals surface area contributed by atoms with Crippen LogP contribution in [-0.4, -0.2) is 142 Å². The molecule has 16 nitrogen and oxygen atoms in total. The Labute approximate surface area is 358 Å². The number of carbonyl (C=O) groups is 2. The van der Waals surface area contributed by atoms with Crippen LogP contribution in [0.4, 0.5) is 0 Å². The number of rotatable bonds is 8. The first-order valence-electron chi connectivity index (χ1n) is 18.5. The Kier molecular flexibility index (Phi) is 14.8. The summed E-state index contributed by atoms with van der Waals surface area (Å²) in [6.07, 6.45) is 5.36. The molecule has 284 valence electrons. The van der Waals surface area contributed by atoms with Gasteiger partial charge in [-0.2, -0.15) is 0 Å². The van der Waals surface area contributed by atoms with Crippen LogP contribution in [0.25, 0.3) is 0 Å². The molecular weight excluding hydrogens is 724 g/mol. The Morgan fingerprint density at radius 3 is 1.39 bits per heavy atom. The molecule has 0 radical (unpaired) electrons. The molecule has 6 aliphatic rings. The third-order valence-electron chi connectivity index (χ3n) is 10.9. The predicted octanol–water partition coefficient (Wildman–Crippen LogP) is -5.88. The minimum absolute atomic E-state index is 0. The molecule has 6 heterocycles. The van der Waals surface area contributed by atoms with Crippen molar-refractivity contribution < 1.29 is 118 Å². The average molecular weight is 772 g/mol. The summed E-state index contributed by atoms with van der Waals surface area (Å²) in [5.74, 6) is -1.93. The molecule has 2 aromatic rings. The topological polar surface area (TPSA) is 223 Å². The summed E-state index contributed by atoms with van der Waals surface area (Å²) in [6.45, 7) is 1.11. The number of carboxylic acid groups (broad SMARTS) is 2. The number of aromatic carboxylic acids is 2. The van der Waals surface area contributed by atoms with Gasteiger partial charge in [0.1, 0.15) is 34.8 Å². The van der Waals surface area contributed by atoms with Crippen molar-refractivity contribution in [1.82, 2.24) is 20.4 Å². The summed E-state index contributed by atoms with van der Waals surface area (Å²) in [5.41, 5.74) is 1.04. The van der Waals surface area contributed by atoms with Crippen LogP contribution in [-0.2, 0) is 12.8 Å². The molecule has 0 bridgehead atoms. The van der Waals surface area contributed by atoms with E-state index in [-0.39, 0.29) is 118 Å². The molecule has 2 atom stereocenters. The SMILES string of the molecule is O=C(O)c1c(OC2CN([C@@H]3CCCNC3)C2)ccc2c1O[B-](O)(O)CC2.O=C(O)c1c(OC2CN([C@@H]3CCCNC3)C2)ccc2c1O[B-](O)(O)CC2.[Na+].[Na+]. The van der Waals surface area contributed by atoms with Gasteiger partial charge in [0.05, 0.1) is 11.5 Å². The van der Waals surface area contributed by atoms with Gasteiger partial charge in [-0.3, -0.25) is 9.80 Å². The quantitative estimate of drug-likeness (QED) is 0.117. The maximum Gasteiger partial charge on any atom is 1.00 e. The predicted molar refractivity (Wildman–Crippen MR) is 189 cm³/mol. The third kappa shape index (κ3) is 10.1. The molecular formula is C34H48B2N4Na2O12. The van der Waals surface area contributed by atoms with Gasteiger partial charge < -0.3 is 59.7 Å². The first-order chi connectivity index (χ1) is 24.9. The molecule has 0 saturated carbocycles. The van der Waals surface area contributed by atoms with Crippen LogP contribution in [0.15, 0.2) is 24.3 Å². The van der Waals surface area contributed by atoms with E-state index in [1.165, 1.54) is 25.7 Å². The molecule has 8 N–H and O–H groups in total. The van der Waals surface area contributed by atoms with Crippen LogP contribution in [0, 0.1) is 0 Å². The largest absolute Gasteiger partial charge is 1.00 e. The fourth-order valence-corrected chi connectivity index (χ4v) is 8.00. The minimum atomic E-state index is -3.02. The second-order valence-corrected chi connectivity index (χ2v) is 14.9. The second kappa shape index (κ2) is 18.3. The maximum absolute atomic E-state index is 11.8. The summed E-state index contributed by atoms with van der Waals surface area (Å²) in [7, 11) is 0. The first-order valence-corrected chi connectivity index (χ1v) is 18.5. The van der Waals surface area contributed by atoms with Gasteiger partial charge in [-0.15, -0.1) is 0 Å². The van der Waals surface area contributed by atoms with E-state index in [1.54, 1.807) is 24.3 Å². The van der Waals surface area contributed by atoms with Gasteiger partial charge in [0, 0.05) is 51.4 Å². The van der Waals surface area contributed by atoms with E-state index >= 15 is 0 Å². The van der Waals surface area contributed by atoms with Crippen molar-refractivity contribution in [2.45, 2.75) is 75.5 Å². The molecule has 54 heavy (non-hydrogen) atoms. The molecule has 4 saturated heterocycles. The van der Waals surface area contributed by atoms with Crippen molar-refractivity contribution >= 4 is 25.4 Å². The summed E-state index contributed by atoms with van der Waals surface area (Å²) < 4.78 is 22.2. The van der Waals surface area contributed by atoms with Gasteiger partial charge in [0.15, 0.2) is 0 Å². The van der Waals surface area contributed by atoms with E-state index in [9.17, 15) is 39.9 Å². The number of ether oxygens (including phenoxy) is 2. The van der Waals surface area contributed by atoms with Crippen molar-refractivity contribution in [2.75, 3.05) is 52.4 Å². The minimum Gasteiger partial charge on any atom is -0.669 e. The number of hydrogen-bond donors (Lipinski definition) is 8. The number of aryl methyl sites for hydroxylation is 2. The summed E-state index contributed by atoms with van der Waals surface area (Å²) in [4.78, 5) is 28.2. The number of likely N-dealkylation sites (tertiary alicyclic amines) is 2. The normalized spacial score (nSPS) is 24.7. The fraction of sp³-hybridized carbons (Fsp3) is 0.588. The Hall–Kier alpha value is -1.61. The van der Waals surface area contributed by atoms with Gasteiger partial charge in [0.25, 0.3) is 0 Å². The van der Waals surface area contributed by atoms with Crippen LogP contribution in [0.2, 0.25) is 12.6 Å². The van der Waals surface area contributed by atoms with Crippen molar-refractivity contribution in [3.63, 3.8) is 0 Å². The smallest absolute Gasteiger partial charge is 0.669 e. The zero-order valence-corrected chi connectivity index (χ0v) is 35.1. The number of nitrogens with one attached hydrogen (secondary N) is 2. The monoisotopic (exact) mass is 772 g/mol. The Bertz CT molecular complexity index is 1530. The number of piperidine rings is 2. The van der Waals surface area contributed by atoms with E-state index in [2.05, 4.69) is 20.4 Å². The number of nitrogens with zero attached hydrogens (tertiary/aromatic N) is 2. The summed E-state index contributed by atoms with van der Waals surface area (Å²) >= 11 is 0. The second-order valence-electron chi connectivity index (χ2n) is 14.9. The molecule has 2 aromatic carbocycles. The molecule has 0 aliphatic carbocycles. The molecule has 8 rings (SSSR count). The van der Waals surface area contributed by atoms with Crippen LogP contribution in [0.1, 0.15) is 57.5 Å². The van der Waals surface area contributed by atoms with E-state index in [1.807, 2.05) is 0 Å². The van der Waals surface area contributed by atoms with E-state index in [0.717, 1.165) is 52.4 Å². The van der Waals surface area contributed by atoms with E-state index in [0.29, 0.717) is 36.1 Å². The molecule has 4 fully saturated rings. The Morgan fingerprint density at radius 2 is 1.06 bits per heavy atom. The molecule has 0 unspecified atom stereocenters. The van der Waals surface area contributed by atoms with Crippen molar-refractivity contribution in [2.24, 2.45) is 0 Å². The van der Waals surface area contributed by atoms with Crippen molar-refractivity contribution in [3.8, 4) is 23.0 Å². The third-order valence-corrected chi connectivity index (χ3v) is 10.9. The number of fused-ring (bicyclic) bond motifs is 2. The fourth-order valence-electron chi connectivity index (χ4n) is 8.00. The van der Waals surface area contributed by atoms with E-state index < -0.39 is 25.4 Å². The number of hydrogen-bond acceptors (Lipinski definition) is 14. The molecule has 6 aliphatic heterocycles. The van der Waals surface area contributed by atoms with Gasteiger partial charge in [-0.25, -0.2) is 9.59 Å². The average Bonchev–Trinajstić information content (AvgIpc) is 3.07. The van der Waals surface area contributed by atoms with Crippen LogP contribution < -0.4 is 88.5 Å². The molecule has 0 aromatic heterocycles. The number of benzene rings is 2. The van der Waals surface area contributed by atoms with Crippen LogP contribution in [0.3, 0.4) is 0 Å². The molecule has 0 spiro atoms. The van der Waals surface area contributed by atoms with Crippen LogP contribution >= 0.6 is 0 Å². The zero-order valence-electron chi connectivity index (χ0n) is 31.1. The van der Waals surface area contributed by atoms with E-state index in [4.69, 9.17) is 18.8 Å². The Morgan fingerprint density at radius 1 is 0.667 bits per heavy atom. The van der Waals surface area contributed by atoms with Crippen LogP contribution in [0.5, 0.6) is 23.0 Å². The first kappa shape index (κ1) is 43.5. The van der Waals surface area contributed by atoms with Gasteiger partial charge in [0.2, 0.25) is 0 Å². The summed E-state index contributed by atoms with van der Waals surface area (Å²) in [5, 5.41) is 65.2. The van der Waals surface area contributed by atoms with Crippen molar-refractivity contribution in [1.29, 1.82) is 0 Å². The maximum atomic E-state index is 11.8. The van der Waals surface area contributed by atoms with Crippen molar-refractivity contribution in [3.05, 3.63) is 46.5 Å². The summed E-state index contributed by atoms with van der Waals surface area (Å²) in [6, 6.07) is 7.80. The van der Waals surface area contributed by atoms with Gasteiger partial charge in [-0.05, 0) is 74.9 Å².